The van der Waals surface area contributed by atoms with Gasteiger partial charge in [0.25, 0.3) is 5.56 Å². The van der Waals surface area contributed by atoms with Gasteiger partial charge in [0.2, 0.25) is 5.95 Å². The van der Waals surface area contributed by atoms with Crippen molar-refractivity contribution < 1.29 is 4.74 Å². The first-order valence-electron chi connectivity index (χ1n) is 11.9. The van der Waals surface area contributed by atoms with Crippen molar-refractivity contribution in [2.24, 2.45) is 7.05 Å². The van der Waals surface area contributed by atoms with Crippen LogP contribution in [0.3, 0.4) is 0 Å². The smallest absolute Gasteiger partial charge is 0.278 e. The van der Waals surface area contributed by atoms with Crippen molar-refractivity contribution in [1.29, 1.82) is 0 Å². The Morgan fingerprint density at radius 2 is 1.69 bits per heavy atom. The molecule has 0 radical (unpaired) electrons. The van der Waals surface area contributed by atoms with Gasteiger partial charge in [-0.1, -0.05) is 32.0 Å². The fourth-order valence-corrected chi connectivity index (χ4v) is 4.12. The number of likely N-dealkylation sites (N-methyl/N-ethyl adjacent to an activating group) is 1. The van der Waals surface area contributed by atoms with Crippen LogP contribution >= 0.6 is 0 Å². The second-order valence-corrected chi connectivity index (χ2v) is 8.52. The maximum Gasteiger partial charge on any atom is 0.278 e. The minimum Gasteiger partial charge on any atom is -0.492 e. The number of anilines is 2. The molecule has 2 heterocycles. The number of nitrogens with zero attached hydrogens (tertiary/aromatic N) is 5. The van der Waals surface area contributed by atoms with Crippen LogP contribution in [0.25, 0.3) is 22.4 Å². The van der Waals surface area contributed by atoms with Crippen LogP contribution in [0.15, 0.2) is 53.5 Å². The SMILES string of the molecule is CCN(CC)CCOc1ccc(Nc2ncc3nc(-c4c(C)cccc4C)c(=O)n(C)c3n2)cc1. The Morgan fingerprint density at radius 1 is 1.00 bits per heavy atom. The Hall–Kier alpha value is -3.78. The summed E-state index contributed by atoms with van der Waals surface area (Å²) >= 11 is 0. The van der Waals surface area contributed by atoms with E-state index in [1.165, 1.54) is 4.57 Å². The van der Waals surface area contributed by atoms with Crippen LogP contribution in [0.2, 0.25) is 0 Å². The van der Waals surface area contributed by atoms with Gasteiger partial charge in [0.1, 0.15) is 23.6 Å². The lowest BCUT2D eigenvalue weighted by molar-refractivity contribution is 0.223. The van der Waals surface area contributed by atoms with E-state index in [4.69, 9.17) is 4.74 Å². The van der Waals surface area contributed by atoms with Crippen LogP contribution in [-0.4, -0.2) is 50.7 Å². The lowest BCUT2D eigenvalue weighted by atomic mass is 10.0. The molecule has 0 amide bonds. The highest BCUT2D eigenvalue weighted by Gasteiger charge is 2.16. The molecule has 0 unspecified atom stereocenters. The van der Waals surface area contributed by atoms with Crippen molar-refractivity contribution in [2.75, 3.05) is 31.6 Å². The number of fused-ring (bicyclic) bond motifs is 1. The molecule has 8 heteroatoms. The Kier molecular flexibility index (Phi) is 7.41. The minimum absolute atomic E-state index is 0.189. The summed E-state index contributed by atoms with van der Waals surface area (Å²) in [6.07, 6.45) is 1.64. The first kappa shape index (κ1) is 24.3. The lowest BCUT2D eigenvalue weighted by Gasteiger charge is -2.18. The number of nitrogens with one attached hydrogen (secondary N) is 1. The molecule has 0 spiro atoms. The van der Waals surface area contributed by atoms with E-state index >= 15 is 0 Å². The fourth-order valence-electron chi connectivity index (χ4n) is 4.12. The van der Waals surface area contributed by atoms with Crippen molar-refractivity contribution in [1.82, 2.24) is 24.4 Å². The van der Waals surface area contributed by atoms with E-state index in [-0.39, 0.29) is 5.56 Å². The highest BCUT2D eigenvalue weighted by Crippen LogP contribution is 2.25. The molecule has 182 valence electrons. The molecule has 4 aromatic rings. The van der Waals surface area contributed by atoms with E-state index in [2.05, 4.69) is 39.0 Å². The van der Waals surface area contributed by atoms with E-state index in [9.17, 15) is 4.79 Å². The zero-order valence-electron chi connectivity index (χ0n) is 21.0. The lowest BCUT2D eigenvalue weighted by Crippen LogP contribution is -2.27. The molecule has 0 saturated heterocycles. The number of ether oxygens (including phenoxy) is 1. The average Bonchev–Trinajstić information content (AvgIpc) is 2.86. The molecule has 0 atom stereocenters. The summed E-state index contributed by atoms with van der Waals surface area (Å²) in [4.78, 5) is 29.1. The number of benzene rings is 2. The van der Waals surface area contributed by atoms with Crippen LogP contribution in [0, 0.1) is 13.8 Å². The van der Waals surface area contributed by atoms with Crippen molar-refractivity contribution in [3.63, 3.8) is 0 Å². The summed E-state index contributed by atoms with van der Waals surface area (Å²) in [7, 11) is 1.71. The van der Waals surface area contributed by atoms with E-state index in [0.717, 1.165) is 47.8 Å². The molecule has 0 bridgehead atoms. The molecule has 0 fully saturated rings. The number of hydrogen-bond donors (Lipinski definition) is 1. The molecule has 0 aliphatic heterocycles. The first-order chi connectivity index (χ1) is 16.9. The highest BCUT2D eigenvalue weighted by molar-refractivity contribution is 5.77. The summed E-state index contributed by atoms with van der Waals surface area (Å²) in [6, 6.07) is 13.6. The Morgan fingerprint density at radius 3 is 2.34 bits per heavy atom. The molecule has 1 N–H and O–H groups in total. The topological polar surface area (TPSA) is 85.2 Å². The number of aromatic nitrogens is 4. The van der Waals surface area contributed by atoms with Gasteiger partial charge in [-0.2, -0.15) is 4.98 Å². The summed E-state index contributed by atoms with van der Waals surface area (Å²) in [6.45, 7) is 11.8. The van der Waals surface area contributed by atoms with E-state index in [1.807, 2.05) is 56.3 Å². The van der Waals surface area contributed by atoms with Gasteiger partial charge in [0, 0.05) is 24.8 Å². The number of aryl methyl sites for hydroxylation is 3. The van der Waals surface area contributed by atoms with Gasteiger partial charge in [-0.3, -0.25) is 9.36 Å². The van der Waals surface area contributed by atoms with E-state index in [0.29, 0.717) is 29.4 Å². The van der Waals surface area contributed by atoms with Gasteiger partial charge in [0.15, 0.2) is 5.65 Å². The minimum atomic E-state index is -0.189. The maximum absolute atomic E-state index is 13.2. The third-order valence-corrected chi connectivity index (χ3v) is 6.21. The zero-order chi connectivity index (χ0) is 24.9. The van der Waals surface area contributed by atoms with Crippen LogP contribution in [0.4, 0.5) is 11.6 Å². The highest BCUT2D eigenvalue weighted by atomic mass is 16.5. The van der Waals surface area contributed by atoms with Crippen molar-refractivity contribution in [3.05, 3.63) is 70.1 Å². The maximum atomic E-state index is 13.2. The molecule has 2 aromatic carbocycles. The van der Waals surface area contributed by atoms with Crippen LogP contribution < -0.4 is 15.6 Å². The van der Waals surface area contributed by atoms with Crippen molar-refractivity contribution >= 4 is 22.8 Å². The van der Waals surface area contributed by atoms with Crippen LogP contribution in [-0.2, 0) is 7.05 Å². The molecule has 0 aliphatic carbocycles. The van der Waals surface area contributed by atoms with Crippen LogP contribution in [0.1, 0.15) is 25.0 Å². The van der Waals surface area contributed by atoms with Crippen LogP contribution in [0.5, 0.6) is 5.75 Å². The molecule has 0 aliphatic rings. The average molecular weight is 473 g/mol. The molecule has 8 nitrogen and oxygen atoms in total. The molecule has 4 rings (SSSR count). The van der Waals surface area contributed by atoms with Gasteiger partial charge >= 0.3 is 0 Å². The van der Waals surface area contributed by atoms with Gasteiger partial charge < -0.3 is 15.0 Å². The second kappa shape index (κ2) is 10.7. The summed E-state index contributed by atoms with van der Waals surface area (Å²) in [5.74, 6) is 1.21. The Balaban J connectivity index is 1.53. The van der Waals surface area contributed by atoms with Gasteiger partial charge in [-0.05, 0) is 62.3 Å². The largest absolute Gasteiger partial charge is 0.492 e. The summed E-state index contributed by atoms with van der Waals surface area (Å²) in [5, 5.41) is 3.20. The third-order valence-electron chi connectivity index (χ3n) is 6.21. The molecular weight excluding hydrogens is 440 g/mol. The monoisotopic (exact) mass is 472 g/mol. The molecule has 35 heavy (non-hydrogen) atoms. The standard InChI is InChI=1S/C27H32N6O2/c1-6-33(7-2)15-16-35-21-13-11-20(12-14-21)29-27-28-17-22-25(31-27)32(5)26(34)24(30-22)23-18(3)9-8-10-19(23)4/h8-14,17H,6-7,15-16H2,1-5H3,(H,28,29,31). The van der Waals surface area contributed by atoms with Gasteiger partial charge in [-0.15, -0.1) is 0 Å². The first-order valence-corrected chi connectivity index (χ1v) is 11.9. The fraction of sp³-hybridized carbons (Fsp3) is 0.333. The second-order valence-electron chi connectivity index (χ2n) is 8.52. The van der Waals surface area contributed by atoms with Crippen molar-refractivity contribution in [2.45, 2.75) is 27.7 Å². The summed E-state index contributed by atoms with van der Waals surface area (Å²) in [5.41, 5.74) is 4.96. The zero-order valence-corrected chi connectivity index (χ0v) is 21.0. The molecule has 0 saturated carbocycles. The van der Waals surface area contributed by atoms with Crippen molar-refractivity contribution in [3.8, 4) is 17.0 Å². The predicted molar refractivity (Wildman–Crippen MR) is 140 cm³/mol. The molecular formula is C27H32N6O2. The predicted octanol–water partition coefficient (Wildman–Crippen LogP) is 4.47. The number of hydrogen-bond acceptors (Lipinski definition) is 7. The molecule has 2 aromatic heterocycles. The number of rotatable bonds is 9. The summed E-state index contributed by atoms with van der Waals surface area (Å²) < 4.78 is 7.38. The van der Waals surface area contributed by atoms with E-state index in [1.54, 1.807) is 13.2 Å². The Bertz CT molecular complexity index is 1360. The third kappa shape index (κ3) is 5.33. The van der Waals surface area contributed by atoms with E-state index < -0.39 is 0 Å². The quantitative estimate of drug-likeness (QED) is 0.385. The Labute approximate surface area is 205 Å². The normalized spacial score (nSPS) is 11.3. The van der Waals surface area contributed by atoms with Gasteiger partial charge in [-0.25, -0.2) is 9.97 Å². The van der Waals surface area contributed by atoms with Gasteiger partial charge in [0.05, 0.1) is 6.20 Å².